The zero-order valence-electron chi connectivity index (χ0n) is 10.2. The molecule has 0 spiro atoms. The molecule has 15 heavy (non-hydrogen) atoms. The fraction of sp³-hybridized carbons (Fsp3) is 0.571. The Kier molecular flexibility index (Phi) is 8.79. The Morgan fingerprint density at radius 3 is 2.60 bits per heavy atom. The van der Waals surface area contributed by atoms with Crippen molar-refractivity contribution in [3.05, 3.63) is 36.0 Å². The second kappa shape index (κ2) is 8.96. The van der Waals surface area contributed by atoms with Crippen LogP contribution in [0.1, 0.15) is 40.0 Å². The predicted molar refractivity (Wildman–Crippen MR) is 74.5 cm³/mol. The van der Waals surface area contributed by atoms with Crippen molar-refractivity contribution in [2.75, 3.05) is 5.33 Å². The maximum absolute atomic E-state index is 3.93. The molecule has 0 N–H and O–H groups in total. The molecule has 0 aliphatic rings. The van der Waals surface area contributed by atoms with Gasteiger partial charge in [0.2, 0.25) is 0 Å². The van der Waals surface area contributed by atoms with E-state index in [9.17, 15) is 0 Å². The lowest BCUT2D eigenvalue weighted by molar-refractivity contribution is 0.539. The Labute approximate surface area is 103 Å². The quantitative estimate of drug-likeness (QED) is 0.336. The van der Waals surface area contributed by atoms with Gasteiger partial charge < -0.3 is 0 Å². The number of alkyl halides is 1. The smallest absolute Gasteiger partial charge is 0.0217 e. The third-order valence-corrected chi connectivity index (χ3v) is 2.71. The Morgan fingerprint density at radius 1 is 1.40 bits per heavy atom. The van der Waals surface area contributed by atoms with Gasteiger partial charge in [0.25, 0.3) is 0 Å². The summed E-state index contributed by atoms with van der Waals surface area (Å²) in [6.07, 6.45) is 10.2. The van der Waals surface area contributed by atoms with E-state index in [2.05, 4.69) is 61.5 Å². The highest BCUT2D eigenvalue weighted by Crippen LogP contribution is 2.14. The summed E-state index contributed by atoms with van der Waals surface area (Å²) in [6, 6.07) is 0. The van der Waals surface area contributed by atoms with Crippen molar-refractivity contribution in [1.29, 1.82) is 0 Å². The van der Waals surface area contributed by atoms with Gasteiger partial charge >= 0.3 is 0 Å². The maximum Gasteiger partial charge on any atom is 0.0217 e. The van der Waals surface area contributed by atoms with Crippen molar-refractivity contribution in [2.45, 2.75) is 40.0 Å². The van der Waals surface area contributed by atoms with Crippen LogP contribution in [0, 0.1) is 5.92 Å². The molecule has 0 fully saturated rings. The number of hydrogen-bond donors (Lipinski definition) is 0. The highest BCUT2D eigenvalue weighted by atomic mass is 79.9. The lowest BCUT2D eigenvalue weighted by atomic mass is 9.99. The van der Waals surface area contributed by atoms with Crippen LogP contribution in [0.2, 0.25) is 0 Å². The molecular formula is C14H23Br. The van der Waals surface area contributed by atoms with E-state index < -0.39 is 0 Å². The minimum absolute atomic E-state index is 0.759. The van der Waals surface area contributed by atoms with Gasteiger partial charge in [-0.1, -0.05) is 52.2 Å². The summed E-state index contributed by atoms with van der Waals surface area (Å²) in [5, 5.41) is 0.939. The summed E-state index contributed by atoms with van der Waals surface area (Å²) in [6.45, 7) is 10.5. The van der Waals surface area contributed by atoms with Crippen molar-refractivity contribution in [3.63, 3.8) is 0 Å². The van der Waals surface area contributed by atoms with Crippen LogP contribution >= 0.6 is 15.9 Å². The van der Waals surface area contributed by atoms with E-state index in [4.69, 9.17) is 0 Å². The van der Waals surface area contributed by atoms with Crippen LogP contribution in [-0.4, -0.2) is 5.33 Å². The first kappa shape index (κ1) is 14.7. The SMILES string of the molecule is C=C(C)CCC(C)CC=CC(C)=CCBr. The first-order chi connectivity index (χ1) is 7.06. The highest BCUT2D eigenvalue weighted by molar-refractivity contribution is 9.09. The topological polar surface area (TPSA) is 0 Å². The molecule has 0 aromatic rings. The van der Waals surface area contributed by atoms with E-state index in [1.807, 2.05) is 0 Å². The van der Waals surface area contributed by atoms with Gasteiger partial charge in [-0.3, -0.25) is 0 Å². The van der Waals surface area contributed by atoms with Gasteiger partial charge in [0.1, 0.15) is 0 Å². The monoisotopic (exact) mass is 270 g/mol. The number of hydrogen-bond acceptors (Lipinski definition) is 0. The van der Waals surface area contributed by atoms with Gasteiger partial charge in [0.05, 0.1) is 0 Å². The first-order valence-electron chi connectivity index (χ1n) is 5.60. The van der Waals surface area contributed by atoms with Crippen LogP contribution in [-0.2, 0) is 0 Å². The lowest BCUT2D eigenvalue weighted by Gasteiger charge is -2.07. The zero-order valence-corrected chi connectivity index (χ0v) is 11.8. The minimum Gasteiger partial charge on any atom is -0.100 e. The average molecular weight is 271 g/mol. The van der Waals surface area contributed by atoms with Crippen molar-refractivity contribution in [1.82, 2.24) is 0 Å². The second-order valence-electron chi connectivity index (χ2n) is 4.34. The van der Waals surface area contributed by atoms with Gasteiger partial charge in [-0.2, -0.15) is 0 Å². The molecule has 0 radical (unpaired) electrons. The summed E-state index contributed by atoms with van der Waals surface area (Å²) in [7, 11) is 0. The molecule has 0 aromatic heterocycles. The van der Waals surface area contributed by atoms with E-state index in [1.54, 1.807) is 0 Å². The van der Waals surface area contributed by atoms with E-state index >= 15 is 0 Å². The highest BCUT2D eigenvalue weighted by Gasteiger charge is 1.98. The zero-order chi connectivity index (χ0) is 11.7. The molecule has 0 rings (SSSR count). The van der Waals surface area contributed by atoms with Crippen LogP contribution < -0.4 is 0 Å². The second-order valence-corrected chi connectivity index (χ2v) is 4.99. The van der Waals surface area contributed by atoms with Crippen LogP contribution in [0.15, 0.2) is 36.0 Å². The van der Waals surface area contributed by atoms with Crippen molar-refractivity contribution in [3.8, 4) is 0 Å². The molecule has 0 aliphatic carbocycles. The van der Waals surface area contributed by atoms with Crippen molar-refractivity contribution < 1.29 is 0 Å². The normalized spacial score (nSPS) is 14.5. The number of rotatable bonds is 7. The molecule has 1 unspecified atom stereocenters. The fourth-order valence-electron chi connectivity index (χ4n) is 1.29. The summed E-state index contributed by atoms with van der Waals surface area (Å²) < 4.78 is 0. The molecule has 0 saturated heterocycles. The third kappa shape index (κ3) is 9.99. The summed E-state index contributed by atoms with van der Waals surface area (Å²) in [5.74, 6) is 0.759. The first-order valence-corrected chi connectivity index (χ1v) is 6.72. The molecule has 0 nitrogen and oxygen atoms in total. The van der Waals surface area contributed by atoms with Gasteiger partial charge in [0, 0.05) is 5.33 Å². The number of allylic oxidation sites excluding steroid dienone is 5. The Bertz CT molecular complexity index is 236. The van der Waals surface area contributed by atoms with Gasteiger partial charge in [-0.25, -0.2) is 0 Å². The van der Waals surface area contributed by atoms with E-state index in [1.165, 1.54) is 24.0 Å². The van der Waals surface area contributed by atoms with E-state index in [0.29, 0.717) is 0 Å². The molecule has 0 amide bonds. The van der Waals surface area contributed by atoms with Crippen molar-refractivity contribution >= 4 is 15.9 Å². The van der Waals surface area contributed by atoms with Crippen LogP contribution in [0.5, 0.6) is 0 Å². The standard InChI is InChI=1S/C14H23Br/c1-12(2)8-9-13(3)6-5-7-14(4)10-11-15/h5,7,10,13H,1,6,8-9,11H2,2-4H3. The molecular weight excluding hydrogens is 248 g/mol. The molecule has 0 aromatic carbocycles. The average Bonchev–Trinajstić information content (AvgIpc) is 2.15. The Balaban J connectivity index is 3.74. The molecule has 1 atom stereocenters. The summed E-state index contributed by atoms with van der Waals surface area (Å²) in [4.78, 5) is 0. The molecule has 0 bridgehead atoms. The maximum atomic E-state index is 3.93. The van der Waals surface area contributed by atoms with Crippen LogP contribution in [0.4, 0.5) is 0 Å². The molecule has 0 saturated carbocycles. The van der Waals surface area contributed by atoms with E-state index in [0.717, 1.165) is 17.7 Å². The summed E-state index contributed by atoms with van der Waals surface area (Å²) >= 11 is 3.39. The largest absolute Gasteiger partial charge is 0.100 e. The van der Waals surface area contributed by atoms with Gasteiger partial charge in [0.15, 0.2) is 0 Å². The molecule has 1 heteroatoms. The fourth-order valence-corrected chi connectivity index (χ4v) is 1.80. The lowest BCUT2D eigenvalue weighted by Crippen LogP contribution is -1.92. The Morgan fingerprint density at radius 2 is 2.07 bits per heavy atom. The number of halogens is 1. The predicted octanol–water partition coefficient (Wildman–Crippen LogP) is 5.27. The summed E-state index contributed by atoms with van der Waals surface area (Å²) in [5.41, 5.74) is 2.63. The van der Waals surface area contributed by atoms with Crippen LogP contribution in [0.25, 0.3) is 0 Å². The van der Waals surface area contributed by atoms with Gasteiger partial charge in [-0.05, 0) is 39.0 Å². The minimum atomic E-state index is 0.759. The van der Waals surface area contributed by atoms with Crippen molar-refractivity contribution in [2.24, 2.45) is 5.92 Å². The Hall–Kier alpha value is -0.300. The van der Waals surface area contributed by atoms with Gasteiger partial charge in [-0.15, -0.1) is 6.58 Å². The van der Waals surface area contributed by atoms with E-state index in [-0.39, 0.29) is 0 Å². The van der Waals surface area contributed by atoms with Crippen LogP contribution in [0.3, 0.4) is 0 Å². The third-order valence-electron chi connectivity index (χ3n) is 2.38. The molecule has 86 valence electrons. The molecule has 0 aliphatic heterocycles. The molecule has 0 heterocycles.